The summed E-state index contributed by atoms with van der Waals surface area (Å²) in [6.45, 7) is 0.0203. The molecule has 0 N–H and O–H groups in total. The molecule has 0 aliphatic carbocycles. The van der Waals surface area contributed by atoms with Crippen molar-refractivity contribution < 1.29 is 23.8 Å². The average Bonchev–Trinajstić information content (AvgIpc) is 2.47. The number of benzene rings is 1. The van der Waals surface area contributed by atoms with E-state index in [2.05, 4.69) is 9.47 Å². The molecule has 1 aromatic carbocycles. The third kappa shape index (κ3) is 4.72. The van der Waals surface area contributed by atoms with Crippen molar-refractivity contribution in [2.24, 2.45) is 0 Å². The second-order valence-corrected chi connectivity index (χ2v) is 4.04. The summed E-state index contributed by atoms with van der Waals surface area (Å²) in [5, 5.41) is 12.0. The van der Waals surface area contributed by atoms with E-state index in [0.717, 1.165) is 5.56 Å². The van der Waals surface area contributed by atoms with E-state index in [0.29, 0.717) is 4.74 Å². The Bertz CT molecular complexity index is 496. The molecule has 0 aromatic heterocycles. The molecule has 108 valence electrons. The minimum absolute atomic E-state index is 0.0182. The average molecular weight is 279 g/mol. The molecule has 0 amide bonds. The molecule has 0 spiro atoms. The normalized spacial score (nSPS) is 11.5. The topological polar surface area (TPSA) is 78.7 Å². The SMILES string of the molecule is COC(=O)CC/C(C(=O)OC)=[N+](\[O-])Cc1ccccc1. The maximum atomic E-state index is 12.0. The van der Waals surface area contributed by atoms with Crippen LogP contribution in [-0.4, -0.2) is 36.6 Å². The van der Waals surface area contributed by atoms with E-state index in [1.807, 2.05) is 6.07 Å². The van der Waals surface area contributed by atoms with Crippen molar-refractivity contribution in [1.82, 2.24) is 0 Å². The number of ether oxygens (including phenoxy) is 2. The molecule has 0 unspecified atom stereocenters. The molecule has 1 rings (SSSR count). The minimum atomic E-state index is -0.736. The van der Waals surface area contributed by atoms with Crippen molar-refractivity contribution in [2.45, 2.75) is 19.4 Å². The number of rotatable bonds is 6. The molecule has 1 aromatic rings. The molecule has 6 heteroatoms. The van der Waals surface area contributed by atoms with E-state index < -0.39 is 11.9 Å². The Morgan fingerprint density at radius 2 is 1.75 bits per heavy atom. The van der Waals surface area contributed by atoms with Crippen LogP contribution in [-0.2, 0) is 25.6 Å². The monoisotopic (exact) mass is 279 g/mol. The second-order valence-electron chi connectivity index (χ2n) is 4.04. The predicted molar refractivity (Wildman–Crippen MR) is 72.0 cm³/mol. The van der Waals surface area contributed by atoms with Gasteiger partial charge < -0.3 is 14.7 Å². The highest BCUT2D eigenvalue weighted by molar-refractivity contribution is 6.34. The number of carbonyl (C=O) groups is 2. The van der Waals surface area contributed by atoms with Crippen LogP contribution in [0.2, 0.25) is 0 Å². The van der Waals surface area contributed by atoms with E-state index in [1.54, 1.807) is 24.3 Å². The van der Waals surface area contributed by atoms with E-state index >= 15 is 0 Å². The Morgan fingerprint density at radius 3 is 2.30 bits per heavy atom. The Balaban J connectivity index is 2.86. The summed E-state index contributed by atoms with van der Waals surface area (Å²) in [6.07, 6.45) is -0.0653. The van der Waals surface area contributed by atoms with Gasteiger partial charge in [0, 0.05) is 5.56 Å². The first-order valence-corrected chi connectivity index (χ1v) is 6.08. The molecular weight excluding hydrogens is 262 g/mol. The Kier molecular flexibility index (Phi) is 6.22. The molecule has 0 aliphatic heterocycles. The molecular formula is C14H17NO5. The third-order valence-electron chi connectivity index (χ3n) is 2.68. The maximum Gasteiger partial charge on any atom is 0.399 e. The summed E-state index contributed by atoms with van der Waals surface area (Å²) in [4.78, 5) is 22.7. The highest BCUT2D eigenvalue weighted by atomic mass is 16.5. The molecule has 6 nitrogen and oxygen atoms in total. The van der Waals surface area contributed by atoms with Crippen molar-refractivity contribution in [1.29, 1.82) is 0 Å². The number of hydrogen-bond donors (Lipinski definition) is 0. The molecule has 0 heterocycles. The van der Waals surface area contributed by atoms with Gasteiger partial charge >= 0.3 is 11.9 Å². The smallest absolute Gasteiger partial charge is 0.399 e. The van der Waals surface area contributed by atoms with E-state index in [1.165, 1.54) is 14.2 Å². The standard InChI is InChI=1S/C14H17NO5/c1-19-13(16)9-8-12(14(17)20-2)15(18)10-11-6-4-3-5-7-11/h3-7H,8-10H2,1-2H3/b15-12+. The molecule has 0 fully saturated rings. The molecule has 0 saturated carbocycles. The first kappa shape index (κ1) is 15.7. The molecule has 0 radical (unpaired) electrons. The highest BCUT2D eigenvalue weighted by Crippen LogP contribution is 2.04. The number of carbonyl (C=O) groups excluding carboxylic acids is 2. The fraction of sp³-hybridized carbons (Fsp3) is 0.357. The van der Waals surface area contributed by atoms with Gasteiger partial charge in [-0.15, -0.1) is 0 Å². The minimum Gasteiger partial charge on any atom is -0.623 e. The number of methoxy groups -OCH3 is 2. The van der Waals surface area contributed by atoms with Crippen molar-refractivity contribution in [3.8, 4) is 0 Å². The number of esters is 2. The first-order valence-electron chi connectivity index (χ1n) is 6.08. The van der Waals surface area contributed by atoms with Gasteiger partial charge in [-0.25, -0.2) is 4.79 Å². The van der Waals surface area contributed by atoms with Crippen LogP contribution < -0.4 is 0 Å². The summed E-state index contributed by atoms with van der Waals surface area (Å²) >= 11 is 0. The Labute approximate surface area is 117 Å². The van der Waals surface area contributed by atoms with Crippen LogP contribution in [0.4, 0.5) is 0 Å². The molecule has 20 heavy (non-hydrogen) atoms. The zero-order chi connectivity index (χ0) is 15.0. The van der Waals surface area contributed by atoms with Gasteiger partial charge in [0.1, 0.15) is 0 Å². The molecule has 0 bridgehead atoms. The van der Waals surface area contributed by atoms with Crippen LogP contribution in [0.15, 0.2) is 30.3 Å². The number of hydrogen-bond acceptors (Lipinski definition) is 5. The fourth-order valence-electron chi connectivity index (χ4n) is 1.61. The summed E-state index contributed by atoms with van der Waals surface area (Å²) in [5.41, 5.74) is 0.670. The van der Waals surface area contributed by atoms with Gasteiger partial charge in [0.25, 0.3) is 5.71 Å². The third-order valence-corrected chi connectivity index (χ3v) is 2.68. The molecule has 0 aliphatic rings. The lowest BCUT2D eigenvalue weighted by molar-refractivity contribution is -0.475. The van der Waals surface area contributed by atoms with Gasteiger partial charge in [0.05, 0.1) is 27.1 Å². The van der Waals surface area contributed by atoms with Gasteiger partial charge in [-0.05, 0) is 0 Å². The zero-order valence-corrected chi connectivity index (χ0v) is 11.5. The number of nitrogens with zero attached hydrogens (tertiary/aromatic N) is 1. The fourth-order valence-corrected chi connectivity index (χ4v) is 1.61. The Morgan fingerprint density at radius 1 is 1.10 bits per heavy atom. The lowest BCUT2D eigenvalue weighted by Gasteiger charge is -2.09. The second kappa shape index (κ2) is 7.93. The summed E-state index contributed by atoms with van der Waals surface area (Å²) < 4.78 is 9.60. The molecule has 0 saturated heterocycles. The summed E-state index contributed by atoms with van der Waals surface area (Å²) in [7, 11) is 2.44. The lowest BCUT2D eigenvalue weighted by Crippen LogP contribution is -2.26. The van der Waals surface area contributed by atoms with Crippen LogP contribution in [0.1, 0.15) is 18.4 Å². The quantitative estimate of drug-likeness (QED) is 0.257. The van der Waals surface area contributed by atoms with Crippen LogP contribution in [0.3, 0.4) is 0 Å². The van der Waals surface area contributed by atoms with Gasteiger partial charge in [0.15, 0.2) is 6.54 Å². The first-order chi connectivity index (χ1) is 9.58. The van der Waals surface area contributed by atoms with Crippen molar-refractivity contribution >= 4 is 17.7 Å². The number of hydroxylamine groups is 1. The summed E-state index contributed by atoms with van der Waals surface area (Å²) in [5.74, 6) is -1.22. The Hall–Kier alpha value is -2.37. The largest absolute Gasteiger partial charge is 0.623 e. The van der Waals surface area contributed by atoms with Crippen LogP contribution in [0.25, 0.3) is 0 Å². The maximum absolute atomic E-state index is 12.0. The van der Waals surface area contributed by atoms with Gasteiger partial charge in [-0.1, -0.05) is 30.3 Å². The summed E-state index contributed by atoms with van der Waals surface area (Å²) in [6, 6.07) is 8.99. The van der Waals surface area contributed by atoms with Crippen LogP contribution >= 0.6 is 0 Å². The zero-order valence-electron chi connectivity index (χ0n) is 11.5. The van der Waals surface area contributed by atoms with E-state index in [-0.39, 0.29) is 25.1 Å². The van der Waals surface area contributed by atoms with Gasteiger partial charge in [0.2, 0.25) is 0 Å². The van der Waals surface area contributed by atoms with Crippen LogP contribution in [0.5, 0.6) is 0 Å². The van der Waals surface area contributed by atoms with Gasteiger partial charge in [-0.3, -0.25) is 4.79 Å². The molecule has 0 atom stereocenters. The van der Waals surface area contributed by atoms with Crippen LogP contribution in [0, 0.1) is 5.21 Å². The van der Waals surface area contributed by atoms with Gasteiger partial charge in [-0.2, -0.15) is 4.74 Å². The van der Waals surface area contributed by atoms with E-state index in [9.17, 15) is 14.8 Å². The predicted octanol–water partition coefficient (Wildman–Crippen LogP) is 1.26. The van der Waals surface area contributed by atoms with Crippen molar-refractivity contribution in [2.75, 3.05) is 14.2 Å². The van der Waals surface area contributed by atoms with Crippen molar-refractivity contribution in [3.63, 3.8) is 0 Å². The van der Waals surface area contributed by atoms with Crippen molar-refractivity contribution in [3.05, 3.63) is 41.1 Å². The highest BCUT2D eigenvalue weighted by Gasteiger charge is 2.22. The van der Waals surface area contributed by atoms with E-state index in [4.69, 9.17) is 0 Å². The lowest BCUT2D eigenvalue weighted by atomic mass is 10.2.